The summed E-state index contributed by atoms with van der Waals surface area (Å²) < 4.78 is 2.97. The summed E-state index contributed by atoms with van der Waals surface area (Å²) in [5, 5.41) is 5.26. The van der Waals surface area contributed by atoms with Gasteiger partial charge in [0, 0.05) is 33.0 Å². The molecule has 146 valence electrons. The SMILES string of the molecule is O=C(Cc1csc2nc(-c3ccc(Br)cc3)cn12)NNC(=S)Nc1ccccc1. The highest BCUT2D eigenvalue weighted by molar-refractivity contribution is 9.10. The molecule has 0 aliphatic carbocycles. The highest BCUT2D eigenvalue weighted by Gasteiger charge is 2.13. The average molecular weight is 486 g/mol. The fourth-order valence-corrected chi connectivity index (χ4v) is 4.04. The van der Waals surface area contributed by atoms with Crippen molar-refractivity contribution in [3.05, 3.63) is 76.3 Å². The molecule has 4 rings (SSSR count). The lowest BCUT2D eigenvalue weighted by Gasteiger charge is -2.11. The molecule has 1 amide bonds. The van der Waals surface area contributed by atoms with E-state index in [9.17, 15) is 4.79 Å². The van der Waals surface area contributed by atoms with Gasteiger partial charge in [0.1, 0.15) is 0 Å². The Bertz CT molecular complexity index is 1150. The van der Waals surface area contributed by atoms with Gasteiger partial charge in [0.2, 0.25) is 5.91 Å². The number of thiocarbonyl (C=S) groups is 1. The molecule has 0 aliphatic heterocycles. The van der Waals surface area contributed by atoms with Gasteiger partial charge in [0.15, 0.2) is 10.1 Å². The number of nitrogens with one attached hydrogen (secondary N) is 3. The molecule has 0 radical (unpaired) electrons. The number of halogens is 1. The average Bonchev–Trinajstić information content (AvgIpc) is 3.30. The van der Waals surface area contributed by atoms with Crippen molar-refractivity contribution in [1.29, 1.82) is 0 Å². The highest BCUT2D eigenvalue weighted by Crippen LogP contribution is 2.25. The fraction of sp³-hybridized carbons (Fsp3) is 0.0500. The summed E-state index contributed by atoms with van der Waals surface area (Å²) in [5.41, 5.74) is 8.95. The van der Waals surface area contributed by atoms with Crippen molar-refractivity contribution in [3.8, 4) is 11.3 Å². The lowest BCUT2D eigenvalue weighted by Crippen LogP contribution is -2.44. The van der Waals surface area contributed by atoms with Crippen LogP contribution >= 0.6 is 39.5 Å². The number of rotatable bonds is 4. The van der Waals surface area contributed by atoms with Gasteiger partial charge < -0.3 is 5.32 Å². The van der Waals surface area contributed by atoms with Gasteiger partial charge in [-0.25, -0.2) is 4.98 Å². The number of carbonyl (C=O) groups is 1. The minimum absolute atomic E-state index is 0.194. The Morgan fingerprint density at radius 1 is 1.10 bits per heavy atom. The number of benzene rings is 2. The van der Waals surface area contributed by atoms with E-state index in [4.69, 9.17) is 12.2 Å². The van der Waals surface area contributed by atoms with E-state index in [0.717, 1.165) is 32.1 Å². The molecule has 0 saturated carbocycles. The molecule has 2 aromatic heterocycles. The van der Waals surface area contributed by atoms with Crippen LogP contribution in [0.1, 0.15) is 5.69 Å². The van der Waals surface area contributed by atoms with Crippen LogP contribution in [0, 0.1) is 0 Å². The van der Waals surface area contributed by atoms with Crippen molar-refractivity contribution in [2.75, 3.05) is 5.32 Å². The maximum absolute atomic E-state index is 12.3. The zero-order valence-corrected chi connectivity index (χ0v) is 18.3. The third-order valence-corrected chi connectivity index (χ3v) is 5.73. The summed E-state index contributed by atoms with van der Waals surface area (Å²) in [6.07, 6.45) is 2.16. The summed E-state index contributed by atoms with van der Waals surface area (Å²) in [7, 11) is 0. The van der Waals surface area contributed by atoms with Gasteiger partial charge in [-0.05, 0) is 36.5 Å². The molecule has 0 spiro atoms. The molecular formula is C20H16BrN5OS2. The van der Waals surface area contributed by atoms with E-state index in [-0.39, 0.29) is 12.3 Å². The van der Waals surface area contributed by atoms with Gasteiger partial charge in [-0.3, -0.25) is 20.0 Å². The molecule has 9 heteroatoms. The van der Waals surface area contributed by atoms with Crippen LogP contribution < -0.4 is 16.2 Å². The third kappa shape index (κ3) is 4.81. The van der Waals surface area contributed by atoms with Gasteiger partial charge in [0.25, 0.3) is 0 Å². The number of fused-ring (bicyclic) bond motifs is 1. The Balaban J connectivity index is 1.38. The van der Waals surface area contributed by atoms with Crippen LogP contribution in [0.2, 0.25) is 0 Å². The molecule has 0 fully saturated rings. The normalized spacial score (nSPS) is 10.7. The van der Waals surface area contributed by atoms with Crippen molar-refractivity contribution in [2.45, 2.75) is 6.42 Å². The van der Waals surface area contributed by atoms with Gasteiger partial charge in [0.05, 0.1) is 12.1 Å². The Kier molecular flexibility index (Phi) is 5.89. The molecule has 4 aromatic rings. The van der Waals surface area contributed by atoms with Crippen LogP contribution in [-0.2, 0) is 11.2 Å². The lowest BCUT2D eigenvalue weighted by atomic mass is 10.2. The topological polar surface area (TPSA) is 70.5 Å². The summed E-state index contributed by atoms with van der Waals surface area (Å²) >= 11 is 10.1. The fourth-order valence-electron chi connectivity index (χ4n) is 2.74. The zero-order valence-electron chi connectivity index (χ0n) is 15.1. The van der Waals surface area contributed by atoms with E-state index in [1.165, 1.54) is 11.3 Å². The molecule has 6 nitrogen and oxygen atoms in total. The minimum atomic E-state index is -0.194. The number of hydrogen-bond acceptors (Lipinski definition) is 4. The quantitative estimate of drug-likeness (QED) is 0.295. The summed E-state index contributed by atoms with van der Waals surface area (Å²) in [4.78, 5) is 17.8. The Morgan fingerprint density at radius 2 is 1.86 bits per heavy atom. The maximum atomic E-state index is 12.3. The van der Waals surface area contributed by atoms with E-state index in [0.29, 0.717) is 5.11 Å². The second kappa shape index (κ2) is 8.73. The van der Waals surface area contributed by atoms with Crippen molar-refractivity contribution < 1.29 is 4.79 Å². The van der Waals surface area contributed by atoms with Crippen LogP contribution in [0.3, 0.4) is 0 Å². The monoisotopic (exact) mass is 485 g/mol. The summed E-state index contributed by atoms with van der Waals surface area (Å²) in [6, 6.07) is 17.5. The number of anilines is 1. The first-order chi connectivity index (χ1) is 14.1. The Hall–Kier alpha value is -2.75. The van der Waals surface area contributed by atoms with Crippen molar-refractivity contribution in [3.63, 3.8) is 0 Å². The lowest BCUT2D eigenvalue weighted by molar-refractivity contribution is -0.121. The van der Waals surface area contributed by atoms with Crippen LogP contribution in [0.25, 0.3) is 16.2 Å². The van der Waals surface area contributed by atoms with Gasteiger partial charge in [-0.15, -0.1) is 11.3 Å². The van der Waals surface area contributed by atoms with Gasteiger partial charge in [-0.2, -0.15) is 0 Å². The Morgan fingerprint density at radius 3 is 2.62 bits per heavy atom. The number of thiazole rings is 1. The molecular weight excluding hydrogens is 470 g/mol. The third-order valence-electron chi connectivity index (χ3n) is 4.11. The largest absolute Gasteiger partial charge is 0.331 e. The van der Waals surface area contributed by atoms with Crippen LogP contribution in [0.15, 0.2) is 70.6 Å². The first-order valence-corrected chi connectivity index (χ1v) is 10.8. The molecule has 29 heavy (non-hydrogen) atoms. The molecule has 0 saturated heterocycles. The van der Waals surface area contributed by atoms with Crippen LogP contribution in [0.4, 0.5) is 5.69 Å². The van der Waals surface area contributed by atoms with Crippen molar-refractivity contribution >= 4 is 61.2 Å². The Labute approximate surface area is 185 Å². The number of amides is 1. The van der Waals surface area contributed by atoms with Gasteiger partial charge in [-0.1, -0.05) is 46.3 Å². The number of carbonyl (C=O) groups excluding carboxylic acids is 1. The molecule has 2 heterocycles. The number of nitrogens with zero attached hydrogens (tertiary/aromatic N) is 2. The van der Waals surface area contributed by atoms with Crippen molar-refractivity contribution in [2.24, 2.45) is 0 Å². The first-order valence-electron chi connectivity index (χ1n) is 8.71. The number of aromatic nitrogens is 2. The predicted octanol–water partition coefficient (Wildman–Crippen LogP) is 4.39. The zero-order chi connectivity index (χ0) is 20.2. The number of imidazole rings is 1. The molecule has 0 atom stereocenters. The summed E-state index contributed by atoms with van der Waals surface area (Å²) in [6.45, 7) is 0. The first kappa shape index (κ1) is 19.6. The predicted molar refractivity (Wildman–Crippen MR) is 124 cm³/mol. The number of para-hydroxylation sites is 1. The second-order valence-electron chi connectivity index (χ2n) is 6.18. The van der Waals surface area contributed by atoms with Crippen LogP contribution in [0.5, 0.6) is 0 Å². The number of hydrazine groups is 1. The van der Waals surface area contributed by atoms with E-state index >= 15 is 0 Å². The van der Waals surface area contributed by atoms with E-state index in [1.807, 2.05) is 70.6 Å². The van der Waals surface area contributed by atoms with Crippen LogP contribution in [-0.4, -0.2) is 20.4 Å². The molecule has 0 aliphatic rings. The maximum Gasteiger partial charge on any atom is 0.244 e. The molecule has 0 unspecified atom stereocenters. The summed E-state index contributed by atoms with van der Waals surface area (Å²) in [5.74, 6) is -0.194. The minimum Gasteiger partial charge on any atom is -0.331 e. The highest BCUT2D eigenvalue weighted by atomic mass is 79.9. The molecule has 0 bridgehead atoms. The van der Waals surface area contributed by atoms with Gasteiger partial charge >= 0.3 is 0 Å². The van der Waals surface area contributed by atoms with E-state index in [1.54, 1.807) is 0 Å². The smallest absolute Gasteiger partial charge is 0.244 e. The van der Waals surface area contributed by atoms with Crippen molar-refractivity contribution in [1.82, 2.24) is 20.2 Å². The second-order valence-corrected chi connectivity index (χ2v) is 8.34. The standard InChI is InChI=1S/C20H16BrN5OS2/c21-14-8-6-13(7-9-14)17-11-26-16(12-29-20(26)23-17)10-18(27)24-25-19(28)22-15-4-2-1-3-5-15/h1-9,11-12H,10H2,(H,24,27)(H2,22,25,28). The van der Waals surface area contributed by atoms with E-state index in [2.05, 4.69) is 37.1 Å². The number of hydrogen-bond donors (Lipinski definition) is 3. The van der Waals surface area contributed by atoms with E-state index < -0.39 is 0 Å². The molecule has 3 N–H and O–H groups in total. The molecule has 2 aromatic carbocycles.